The summed E-state index contributed by atoms with van der Waals surface area (Å²) in [6.07, 6.45) is 4.04. The Balaban J connectivity index is 1.56. The third-order valence-electron chi connectivity index (χ3n) is 4.52. The molecule has 0 unspecified atom stereocenters. The van der Waals surface area contributed by atoms with Crippen molar-refractivity contribution in [3.63, 3.8) is 0 Å². The lowest BCUT2D eigenvalue weighted by atomic mass is 9.85. The van der Waals surface area contributed by atoms with Crippen LogP contribution in [-0.4, -0.2) is 21.7 Å². The molecule has 0 fully saturated rings. The number of Topliss-reactive ketones (excluding diaryl/α,β-unsaturated/α-hetero) is 1. The van der Waals surface area contributed by atoms with Crippen molar-refractivity contribution in [3.8, 4) is 0 Å². The van der Waals surface area contributed by atoms with E-state index in [2.05, 4.69) is 15.3 Å². The lowest BCUT2D eigenvalue weighted by Crippen LogP contribution is -2.22. The molecule has 1 aromatic carbocycles. The molecule has 0 radical (unpaired) electrons. The van der Waals surface area contributed by atoms with Crippen molar-refractivity contribution >= 4 is 17.6 Å². The minimum Gasteiger partial charge on any atom is -0.469 e. The van der Waals surface area contributed by atoms with Crippen LogP contribution >= 0.6 is 0 Å². The zero-order valence-corrected chi connectivity index (χ0v) is 14.2. The first-order chi connectivity index (χ1) is 12.6. The first-order valence-corrected chi connectivity index (χ1v) is 8.40. The molecule has 130 valence electrons. The van der Waals surface area contributed by atoms with Crippen molar-refractivity contribution < 1.29 is 14.0 Å². The van der Waals surface area contributed by atoms with Gasteiger partial charge in [-0.3, -0.25) is 14.9 Å². The summed E-state index contributed by atoms with van der Waals surface area (Å²) >= 11 is 0. The second-order valence-electron chi connectivity index (χ2n) is 6.42. The quantitative estimate of drug-likeness (QED) is 0.783. The Labute approximate surface area is 150 Å². The maximum absolute atomic E-state index is 12.4. The molecule has 0 saturated heterocycles. The molecule has 1 N–H and O–H groups in total. The van der Waals surface area contributed by atoms with Gasteiger partial charge < -0.3 is 4.42 Å². The molecule has 6 heteroatoms. The van der Waals surface area contributed by atoms with Crippen molar-refractivity contribution in [2.45, 2.75) is 25.7 Å². The number of amides is 1. The van der Waals surface area contributed by atoms with Gasteiger partial charge in [0.1, 0.15) is 5.76 Å². The normalized spacial score (nSPS) is 16.2. The van der Waals surface area contributed by atoms with E-state index >= 15 is 0 Å². The molecule has 0 aliphatic heterocycles. The number of anilines is 1. The zero-order valence-electron chi connectivity index (χ0n) is 14.2. The largest absolute Gasteiger partial charge is 0.469 e. The standard InChI is InChI=1S/C20H17N3O3/c1-12-4-6-13(7-5-12)19(25)23-20-21-11-15-16(22-20)9-14(10-17(15)24)18-3-2-8-26-18/h2-8,11,14H,9-10H2,1H3,(H,21,22,23,25)/t14-/m1/s1. The van der Waals surface area contributed by atoms with Gasteiger partial charge >= 0.3 is 0 Å². The van der Waals surface area contributed by atoms with Crippen molar-refractivity contribution in [2.24, 2.45) is 0 Å². The predicted molar refractivity (Wildman–Crippen MR) is 95.3 cm³/mol. The Morgan fingerprint density at radius 3 is 2.73 bits per heavy atom. The van der Waals surface area contributed by atoms with Gasteiger partial charge in [0, 0.05) is 30.5 Å². The summed E-state index contributed by atoms with van der Waals surface area (Å²) in [5, 5.41) is 2.70. The van der Waals surface area contributed by atoms with E-state index in [0.717, 1.165) is 11.3 Å². The van der Waals surface area contributed by atoms with Gasteiger partial charge in [-0.2, -0.15) is 0 Å². The summed E-state index contributed by atoms with van der Waals surface area (Å²) in [6, 6.07) is 10.9. The van der Waals surface area contributed by atoms with Crippen LogP contribution in [0.2, 0.25) is 0 Å². The van der Waals surface area contributed by atoms with Gasteiger partial charge in [-0.15, -0.1) is 0 Å². The third kappa shape index (κ3) is 3.13. The van der Waals surface area contributed by atoms with Crippen molar-refractivity contribution in [2.75, 3.05) is 5.32 Å². The van der Waals surface area contributed by atoms with E-state index < -0.39 is 0 Å². The maximum atomic E-state index is 12.4. The van der Waals surface area contributed by atoms with Crippen molar-refractivity contribution in [1.82, 2.24) is 9.97 Å². The monoisotopic (exact) mass is 347 g/mol. The van der Waals surface area contributed by atoms with Crippen molar-refractivity contribution in [1.29, 1.82) is 0 Å². The number of aromatic nitrogens is 2. The maximum Gasteiger partial charge on any atom is 0.258 e. The van der Waals surface area contributed by atoms with Crippen LogP contribution in [0.25, 0.3) is 0 Å². The topological polar surface area (TPSA) is 85.1 Å². The summed E-state index contributed by atoms with van der Waals surface area (Å²) in [5.41, 5.74) is 2.76. The predicted octanol–water partition coefficient (Wildman–Crippen LogP) is 3.54. The van der Waals surface area contributed by atoms with E-state index in [1.807, 2.05) is 31.2 Å². The van der Waals surface area contributed by atoms with Gasteiger partial charge in [-0.1, -0.05) is 17.7 Å². The molecular weight excluding hydrogens is 330 g/mol. The Kier molecular flexibility index (Phi) is 4.08. The van der Waals surface area contributed by atoms with E-state index in [4.69, 9.17) is 4.42 Å². The second-order valence-corrected chi connectivity index (χ2v) is 6.42. The highest BCUT2D eigenvalue weighted by Crippen LogP contribution is 2.32. The number of nitrogens with one attached hydrogen (secondary N) is 1. The number of ketones is 1. The van der Waals surface area contributed by atoms with Gasteiger partial charge in [-0.05, 0) is 31.2 Å². The van der Waals surface area contributed by atoms with Gasteiger partial charge in [0.15, 0.2) is 5.78 Å². The van der Waals surface area contributed by atoms with Crippen LogP contribution in [0.5, 0.6) is 0 Å². The number of rotatable bonds is 3. The van der Waals surface area contributed by atoms with Gasteiger partial charge in [-0.25, -0.2) is 9.97 Å². The number of benzene rings is 1. The number of nitrogens with zero attached hydrogens (tertiary/aromatic N) is 2. The summed E-state index contributed by atoms with van der Waals surface area (Å²) in [7, 11) is 0. The minimum absolute atomic E-state index is 0.0101. The highest BCUT2D eigenvalue weighted by Gasteiger charge is 2.29. The molecule has 1 aliphatic rings. The number of carbonyl (C=O) groups excluding carboxylic acids is 2. The second kappa shape index (κ2) is 6.55. The molecule has 1 amide bonds. The summed E-state index contributed by atoms with van der Waals surface area (Å²) in [4.78, 5) is 33.2. The number of carbonyl (C=O) groups is 2. The molecule has 0 bridgehead atoms. The zero-order chi connectivity index (χ0) is 18.1. The molecule has 2 aromatic heterocycles. The summed E-state index contributed by atoms with van der Waals surface area (Å²) < 4.78 is 5.43. The molecule has 1 aliphatic carbocycles. The van der Waals surface area contributed by atoms with E-state index in [1.54, 1.807) is 18.4 Å². The fourth-order valence-corrected chi connectivity index (χ4v) is 3.11. The summed E-state index contributed by atoms with van der Waals surface area (Å²) in [5.74, 6) is 0.634. The fraction of sp³-hybridized carbons (Fsp3) is 0.200. The molecule has 4 rings (SSSR count). The fourth-order valence-electron chi connectivity index (χ4n) is 3.11. The molecule has 0 saturated carbocycles. The number of furan rings is 1. The van der Waals surface area contributed by atoms with E-state index in [1.165, 1.54) is 6.20 Å². The van der Waals surface area contributed by atoms with E-state index in [0.29, 0.717) is 29.7 Å². The smallest absolute Gasteiger partial charge is 0.258 e. The van der Waals surface area contributed by atoms with Crippen LogP contribution in [0, 0.1) is 6.92 Å². The number of hydrogen-bond acceptors (Lipinski definition) is 5. The SMILES string of the molecule is Cc1ccc(C(=O)Nc2ncc3c(n2)C[C@@H](c2ccco2)CC3=O)cc1. The average Bonchev–Trinajstić information content (AvgIpc) is 3.16. The van der Waals surface area contributed by atoms with Gasteiger partial charge in [0.25, 0.3) is 5.91 Å². The molecular formula is C20H17N3O3. The Bertz CT molecular complexity index is 962. The van der Waals surface area contributed by atoms with Crippen LogP contribution in [-0.2, 0) is 6.42 Å². The summed E-state index contributed by atoms with van der Waals surface area (Å²) in [6.45, 7) is 1.96. The van der Waals surface area contributed by atoms with Crippen molar-refractivity contribution in [3.05, 3.63) is 77.0 Å². The van der Waals surface area contributed by atoms with Crippen LogP contribution in [0.4, 0.5) is 5.95 Å². The van der Waals surface area contributed by atoms with Gasteiger partial charge in [0.05, 0.1) is 17.5 Å². The molecule has 0 spiro atoms. The van der Waals surface area contributed by atoms with Crippen LogP contribution in [0.1, 0.15) is 50.1 Å². The molecule has 2 heterocycles. The van der Waals surface area contributed by atoms with E-state index in [-0.39, 0.29) is 23.6 Å². The molecule has 3 aromatic rings. The van der Waals surface area contributed by atoms with Gasteiger partial charge in [0.2, 0.25) is 5.95 Å². The number of aryl methyl sites for hydroxylation is 1. The Morgan fingerprint density at radius 2 is 2.00 bits per heavy atom. The molecule has 6 nitrogen and oxygen atoms in total. The first-order valence-electron chi connectivity index (χ1n) is 8.40. The highest BCUT2D eigenvalue weighted by atomic mass is 16.3. The molecule has 26 heavy (non-hydrogen) atoms. The number of fused-ring (bicyclic) bond motifs is 1. The van der Waals surface area contributed by atoms with Crippen LogP contribution in [0.3, 0.4) is 0 Å². The first kappa shape index (κ1) is 16.2. The minimum atomic E-state index is -0.283. The lowest BCUT2D eigenvalue weighted by molar-refractivity contribution is 0.0958. The lowest BCUT2D eigenvalue weighted by Gasteiger charge is -2.21. The highest BCUT2D eigenvalue weighted by molar-refractivity contribution is 6.03. The Hall–Kier alpha value is -3.28. The Morgan fingerprint density at radius 1 is 1.19 bits per heavy atom. The average molecular weight is 347 g/mol. The number of hydrogen-bond donors (Lipinski definition) is 1. The van der Waals surface area contributed by atoms with E-state index in [9.17, 15) is 9.59 Å². The molecule has 1 atom stereocenters. The van der Waals surface area contributed by atoms with Crippen LogP contribution < -0.4 is 5.32 Å². The third-order valence-corrected chi connectivity index (χ3v) is 4.52. The van der Waals surface area contributed by atoms with Crippen LogP contribution in [0.15, 0.2) is 53.3 Å².